The van der Waals surface area contributed by atoms with Crippen LogP contribution in [0, 0.1) is 0 Å². The van der Waals surface area contributed by atoms with Gasteiger partial charge in [-0.2, -0.15) is 0 Å². The number of carbonyl (C=O) groups excluding carboxylic acids is 3. The number of thioether (sulfide) groups is 1. The second kappa shape index (κ2) is 11.6. The van der Waals surface area contributed by atoms with Crippen LogP contribution in [0.25, 0.3) is 6.08 Å². The maximum absolute atomic E-state index is 12.9. The zero-order valence-corrected chi connectivity index (χ0v) is 21.1. The van der Waals surface area contributed by atoms with Gasteiger partial charge in [0.25, 0.3) is 11.1 Å². The van der Waals surface area contributed by atoms with E-state index < -0.39 is 11.1 Å². The second-order valence-electron chi connectivity index (χ2n) is 8.37. The van der Waals surface area contributed by atoms with Crippen LogP contribution in [0.2, 0.25) is 5.02 Å². The number of methoxy groups -OCH3 is 1. The molecule has 2 aromatic carbocycles. The molecule has 2 aliphatic rings. The topological polar surface area (TPSA) is 76.2 Å². The first-order valence-corrected chi connectivity index (χ1v) is 12.7. The summed E-state index contributed by atoms with van der Waals surface area (Å²) in [5, 5.41) is -0.132. The molecule has 3 amide bonds. The number of carbonyl (C=O) groups is 3. The first kappa shape index (κ1) is 25.1. The molecule has 0 N–H and O–H groups in total. The van der Waals surface area contributed by atoms with E-state index >= 15 is 0 Å². The van der Waals surface area contributed by atoms with Crippen LogP contribution in [0.5, 0.6) is 11.5 Å². The average Bonchev–Trinajstić information content (AvgIpc) is 3.05. The van der Waals surface area contributed by atoms with Crippen LogP contribution >= 0.6 is 23.4 Å². The lowest BCUT2D eigenvalue weighted by Crippen LogP contribution is -2.42. The van der Waals surface area contributed by atoms with Gasteiger partial charge in [0.05, 0.1) is 17.0 Å². The van der Waals surface area contributed by atoms with E-state index in [0.29, 0.717) is 41.8 Å². The highest BCUT2D eigenvalue weighted by Gasteiger charge is 2.37. The fraction of sp³-hybridized carbons (Fsp3) is 0.346. The van der Waals surface area contributed by atoms with Crippen molar-refractivity contribution in [1.82, 2.24) is 9.80 Å². The molecule has 9 heteroatoms. The first-order valence-electron chi connectivity index (χ1n) is 11.5. The van der Waals surface area contributed by atoms with Gasteiger partial charge >= 0.3 is 0 Å². The molecular weight excluding hydrogens is 488 g/mol. The van der Waals surface area contributed by atoms with Crippen molar-refractivity contribution in [3.63, 3.8) is 0 Å². The molecule has 35 heavy (non-hydrogen) atoms. The van der Waals surface area contributed by atoms with Crippen molar-refractivity contribution in [2.75, 3.05) is 26.7 Å². The van der Waals surface area contributed by atoms with Gasteiger partial charge in [-0.05, 0) is 53.9 Å². The van der Waals surface area contributed by atoms with E-state index in [-0.39, 0.29) is 17.4 Å². The fourth-order valence-corrected chi connectivity index (χ4v) is 5.15. The van der Waals surface area contributed by atoms with Gasteiger partial charge in [0, 0.05) is 13.1 Å². The molecule has 7 nitrogen and oxygen atoms in total. The van der Waals surface area contributed by atoms with Crippen LogP contribution in [0.1, 0.15) is 36.8 Å². The molecule has 4 rings (SSSR count). The third-order valence-electron chi connectivity index (χ3n) is 5.90. The molecular formula is C26H27ClN2O5S. The van der Waals surface area contributed by atoms with Crippen molar-refractivity contribution < 1.29 is 23.9 Å². The quantitative estimate of drug-likeness (QED) is 0.462. The maximum Gasteiger partial charge on any atom is 0.294 e. The highest BCUT2D eigenvalue weighted by molar-refractivity contribution is 8.18. The van der Waals surface area contributed by atoms with Crippen molar-refractivity contribution in [1.29, 1.82) is 0 Å². The van der Waals surface area contributed by atoms with Gasteiger partial charge in [-0.25, -0.2) is 0 Å². The van der Waals surface area contributed by atoms with Crippen molar-refractivity contribution >= 4 is 46.5 Å². The standard InChI is InChI=1S/C26H27ClN2O5S/c1-33-21-14-19(13-20(27)24(21)34-17-18-9-5-4-6-10-18)15-22-25(31)29(26(32)35-22)16-23(30)28-11-7-2-3-8-12-28/h4-6,9-10,13-15H,2-3,7-8,11-12,16-17H2,1H3. The van der Waals surface area contributed by atoms with Crippen LogP contribution in [-0.4, -0.2) is 53.6 Å². The summed E-state index contributed by atoms with van der Waals surface area (Å²) in [6, 6.07) is 13.0. The number of amides is 3. The molecule has 0 aromatic heterocycles. The van der Waals surface area contributed by atoms with Crippen molar-refractivity contribution in [2.24, 2.45) is 0 Å². The number of ether oxygens (including phenoxy) is 2. The molecule has 2 fully saturated rings. The third-order valence-corrected chi connectivity index (χ3v) is 7.09. The van der Waals surface area contributed by atoms with E-state index in [1.807, 2.05) is 30.3 Å². The molecule has 0 bridgehead atoms. The van der Waals surface area contributed by atoms with Gasteiger partial charge in [0.15, 0.2) is 11.5 Å². The molecule has 0 saturated carbocycles. The van der Waals surface area contributed by atoms with Gasteiger partial charge in [-0.3, -0.25) is 19.3 Å². The Morgan fingerprint density at radius 3 is 2.49 bits per heavy atom. The summed E-state index contributed by atoms with van der Waals surface area (Å²) >= 11 is 7.29. The summed E-state index contributed by atoms with van der Waals surface area (Å²) in [6.45, 7) is 1.42. The van der Waals surface area contributed by atoms with Crippen molar-refractivity contribution in [3.8, 4) is 11.5 Å². The fourth-order valence-electron chi connectivity index (χ4n) is 4.04. The molecule has 0 radical (unpaired) electrons. The summed E-state index contributed by atoms with van der Waals surface area (Å²) in [6.07, 6.45) is 5.66. The lowest BCUT2D eigenvalue weighted by molar-refractivity contribution is -0.135. The predicted molar refractivity (Wildman–Crippen MR) is 137 cm³/mol. The SMILES string of the molecule is COc1cc(C=C2SC(=O)N(CC(=O)N3CCCCCC3)C2=O)cc(Cl)c1OCc1ccccc1. The maximum atomic E-state index is 12.9. The summed E-state index contributed by atoms with van der Waals surface area (Å²) in [5.41, 5.74) is 1.57. The van der Waals surface area contributed by atoms with E-state index in [2.05, 4.69) is 0 Å². The molecule has 0 aliphatic carbocycles. The summed E-state index contributed by atoms with van der Waals surface area (Å²) < 4.78 is 11.3. The third kappa shape index (κ3) is 6.18. The molecule has 0 atom stereocenters. The van der Waals surface area contributed by atoms with Crippen LogP contribution in [0.15, 0.2) is 47.4 Å². The van der Waals surface area contributed by atoms with Gasteiger partial charge in [-0.15, -0.1) is 0 Å². The van der Waals surface area contributed by atoms with Gasteiger partial charge in [0.2, 0.25) is 5.91 Å². The van der Waals surface area contributed by atoms with E-state index in [1.54, 1.807) is 23.1 Å². The predicted octanol–water partition coefficient (Wildman–Crippen LogP) is 5.37. The van der Waals surface area contributed by atoms with Crippen LogP contribution in [0.3, 0.4) is 0 Å². The van der Waals surface area contributed by atoms with Crippen LogP contribution in [0.4, 0.5) is 4.79 Å². The minimum Gasteiger partial charge on any atom is -0.493 e. The number of likely N-dealkylation sites (tertiary alicyclic amines) is 1. The summed E-state index contributed by atoms with van der Waals surface area (Å²) in [5.74, 6) is 0.129. The Balaban J connectivity index is 1.47. The lowest BCUT2D eigenvalue weighted by atomic mass is 10.1. The second-order valence-corrected chi connectivity index (χ2v) is 9.77. The van der Waals surface area contributed by atoms with Crippen LogP contribution < -0.4 is 9.47 Å². The Kier molecular flexibility index (Phi) is 8.36. The number of halogens is 1. The summed E-state index contributed by atoms with van der Waals surface area (Å²) in [4.78, 5) is 41.1. The Morgan fingerprint density at radius 2 is 1.80 bits per heavy atom. The Morgan fingerprint density at radius 1 is 1.09 bits per heavy atom. The first-order chi connectivity index (χ1) is 17.0. The van der Waals surface area contributed by atoms with E-state index in [9.17, 15) is 14.4 Å². The normalized spacial score (nSPS) is 17.6. The Bertz CT molecular complexity index is 1130. The van der Waals surface area contributed by atoms with Gasteiger partial charge < -0.3 is 14.4 Å². The van der Waals surface area contributed by atoms with Crippen LogP contribution in [-0.2, 0) is 16.2 Å². The lowest BCUT2D eigenvalue weighted by Gasteiger charge is -2.22. The van der Waals surface area contributed by atoms with Crippen molar-refractivity contribution in [2.45, 2.75) is 32.3 Å². The number of nitrogens with zero attached hydrogens (tertiary/aromatic N) is 2. The number of benzene rings is 2. The molecule has 2 heterocycles. The summed E-state index contributed by atoms with van der Waals surface area (Å²) in [7, 11) is 1.51. The number of rotatable bonds is 7. The minimum absolute atomic E-state index is 0.194. The van der Waals surface area contributed by atoms with Gasteiger partial charge in [-0.1, -0.05) is 54.8 Å². The molecule has 2 aromatic rings. The number of hydrogen-bond donors (Lipinski definition) is 0. The zero-order valence-electron chi connectivity index (χ0n) is 19.5. The largest absolute Gasteiger partial charge is 0.493 e. The highest BCUT2D eigenvalue weighted by atomic mass is 35.5. The monoisotopic (exact) mass is 514 g/mol. The molecule has 2 aliphatic heterocycles. The Hall–Kier alpha value is -2.97. The smallest absolute Gasteiger partial charge is 0.294 e. The minimum atomic E-state index is -0.484. The highest BCUT2D eigenvalue weighted by Crippen LogP contribution is 2.39. The average molecular weight is 515 g/mol. The molecule has 184 valence electrons. The van der Waals surface area contributed by atoms with Gasteiger partial charge in [0.1, 0.15) is 13.2 Å². The molecule has 2 saturated heterocycles. The zero-order chi connectivity index (χ0) is 24.8. The number of imide groups is 1. The number of hydrogen-bond acceptors (Lipinski definition) is 6. The van der Waals surface area contributed by atoms with E-state index in [4.69, 9.17) is 21.1 Å². The molecule has 0 unspecified atom stereocenters. The molecule has 0 spiro atoms. The van der Waals surface area contributed by atoms with E-state index in [1.165, 1.54) is 7.11 Å². The Labute approximate surface area is 214 Å². The van der Waals surface area contributed by atoms with Crippen molar-refractivity contribution in [3.05, 3.63) is 63.5 Å². The van der Waals surface area contributed by atoms with E-state index in [0.717, 1.165) is 47.9 Å².